The van der Waals surface area contributed by atoms with Gasteiger partial charge in [-0.1, -0.05) is 11.6 Å². The first-order chi connectivity index (χ1) is 9.97. The van der Waals surface area contributed by atoms with Gasteiger partial charge in [0.1, 0.15) is 5.82 Å². The molecule has 1 aromatic carbocycles. The number of carbonyl (C=O) groups excluding carboxylic acids is 2. The topological polar surface area (TPSA) is 78.6 Å². The van der Waals surface area contributed by atoms with E-state index >= 15 is 0 Å². The van der Waals surface area contributed by atoms with E-state index in [4.69, 9.17) is 16.0 Å². The van der Waals surface area contributed by atoms with Crippen LogP contribution < -0.4 is 0 Å². The summed E-state index contributed by atoms with van der Waals surface area (Å²) in [4.78, 5) is 26.9. The van der Waals surface area contributed by atoms with Crippen molar-refractivity contribution in [3.05, 3.63) is 40.5 Å². The normalized spacial score (nSPS) is 10.3. The lowest BCUT2D eigenvalue weighted by Gasteiger charge is -1.98. The Balaban J connectivity index is 2.58. The third-order valence-corrected chi connectivity index (χ3v) is 2.77. The monoisotopic (exact) mass is 313 g/mol. The smallest absolute Gasteiger partial charge is 0.376 e. The van der Waals surface area contributed by atoms with Crippen LogP contribution in [-0.4, -0.2) is 31.1 Å². The summed E-state index contributed by atoms with van der Waals surface area (Å²) in [7, 11) is 2.22. The number of nitrogens with zero attached hydrogens (tertiary/aromatic N) is 1. The van der Waals surface area contributed by atoms with Crippen molar-refractivity contribution in [3.8, 4) is 11.5 Å². The molecular formula is C13H9ClFNO5. The van der Waals surface area contributed by atoms with Crippen molar-refractivity contribution in [1.82, 2.24) is 4.98 Å². The number of halogens is 2. The molecule has 0 atom stereocenters. The maximum absolute atomic E-state index is 13.8. The lowest BCUT2D eigenvalue weighted by Crippen LogP contribution is -2.10. The second-order valence-electron chi connectivity index (χ2n) is 3.80. The van der Waals surface area contributed by atoms with Gasteiger partial charge >= 0.3 is 11.9 Å². The number of benzene rings is 1. The van der Waals surface area contributed by atoms with Gasteiger partial charge in [0.2, 0.25) is 17.3 Å². The molecule has 110 valence electrons. The summed E-state index contributed by atoms with van der Waals surface area (Å²) in [5.41, 5.74) is -0.451. The fourth-order valence-electron chi connectivity index (χ4n) is 1.56. The molecule has 0 fully saturated rings. The van der Waals surface area contributed by atoms with Gasteiger partial charge in [-0.3, -0.25) is 0 Å². The number of ether oxygens (including phenoxy) is 2. The summed E-state index contributed by atoms with van der Waals surface area (Å²) < 4.78 is 27.9. The molecule has 0 aliphatic heterocycles. The van der Waals surface area contributed by atoms with Crippen molar-refractivity contribution in [1.29, 1.82) is 0 Å². The first-order valence-corrected chi connectivity index (χ1v) is 5.98. The van der Waals surface area contributed by atoms with Crippen LogP contribution in [0, 0.1) is 5.82 Å². The second-order valence-corrected chi connectivity index (χ2v) is 4.24. The van der Waals surface area contributed by atoms with E-state index in [1.807, 2.05) is 0 Å². The zero-order valence-corrected chi connectivity index (χ0v) is 11.7. The van der Waals surface area contributed by atoms with E-state index in [1.165, 1.54) is 12.1 Å². The van der Waals surface area contributed by atoms with Crippen LogP contribution in [0.15, 0.2) is 22.6 Å². The van der Waals surface area contributed by atoms with Crippen LogP contribution in [-0.2, 0) is 9.47 Å². The Bertz CT molecular complexity index is 679. The van der Waals surface area contributed by atoms with E-state index in [2.05, 4.69) is 14.5 Å². The van der Waals surface area contributed by atoms with E-state index in [1.54, 1.807) is 0 Å². The minimum absolute atomic E-state index is 0.0558. The molecule has 1 heterocycles. The summed E-state index contributed by atoms with van der Waals surface area (Å²) in [5.74, 6) is -3.27. The number of carbonyl (C=O) groups is 2. The fraction of sp³-hybridized carbons (Fsp3) is 0.154. The molecule has 0 unspecified atom stereocenters. The zero-order valence-electron chi connectivity index (χ0n) is 11.0. The number of aromatic nitrogens is 1. The zero-order chi connectivity index (χ0) is 15.6. The summed E-state index contributed by atoms with van der Waals surface area (Å²) in [6.45, 7) is 0. The molecule has 8 heteroatoms. The van der Waals surface area contributed by atoms with Crippen LogP contribution in [0.5, 0.6) is 0 Å². The maximum atomic E-state index is 13.8. The molecule has 21 heavy (non-hydrogen) atoms. The van der Waals surface area contributed by atoms with Gasteiger partial charge in [0.25, 0.3) is 0 Å². The Morgan fingerprint density at radius 3 is 2.48 bits per heavy atom. The highest BCUT2D eigenvalue weighted by Crippen LogP contribution is 2.27. The van der Waals surface area contributed by atoms with E-state index < -0.39 is 29.2 Å². The highest BCUT2D eigenvalue weighted by atomic mass is 35.5. The maximum Gasteiger partial charge on any atom is 0.376 e. The molecule has 6 nitrogen and oxygen atoms in total. The predicted octanol–water partition coefficient (Wildman–Crippen LogP) is 2.71. The van der Waals surface area contributed by atoms with E-state index in [0.29, 0.717) is 0 Å². The van der Waals surface area contributed by atoms with E-state index in [9.17, 15) is 14.0 Å². The minimum Gasteiger partial charge on any atom is -0.464 e. The molecule has 0 saturated carbocycles. The van der Waals surface area contributed by atoms with Crippen molar-refractivity contribution < 1.29 is 27.9 Å². The average Bonchev–Trinajstić information content (AvgIpc) is 2.90. The molecule has 0 N–H and O–H groups in total. The molecule has 2 aromatic rings. The van der Waals surface area contributed by atoms with Crippen molar-refractivity contribution >= 4 is 23.5 Å². The highest BCUT2D eigenvalue weighted by molar-refractivity contribution is 6.30. The van der Waals surface area contributed by atoms with Crippen molar-refractivity contribution in [2.75, 3.05) is 14.2 Å². The van der Waals surface area contributed by atoms with E-state index in [0.717, 1.165) is 20.3 Å². The van der Waals surface area contributed by atoms with Crippen LogP contribution >= 0.6 is 11.6 Å². The van der Waals surface area contributed by atoms with Crippen molar-refractivity contribution in [2.45, 2.75) is 0 Å². The first kappa shape index (κ1) is 15.0. The van der Waals surface area contributed by atoms with Gasteiger partial charge in [-0.15, -0.1) is 0 Å². The number of methoxy groups -OCH3 is 2. The van der Waals surface area contributed by atoms with Crippen LogP contribution in [0.3, 0.4) is 0 Å². The Labute approximate surface area is 123 Å². The largest absolute Gasteiger partial charge is 0.464 e. The van der Waals surface area contributed by atoms with Gasteiger partial charge < -0.3 is 13.9 Å². The number of hydrogen-bond donors (Lipinski definition) is 0. The van der Waals surface area contributed by atoms with Crippen LogP contribution in [0.4, 0.5) is 4.39 Å². The molecular weight excluding hydrogens is 305 g/mol. The quantitative estimate of drug-likeness (QED) is 0.811. The first-order valence-electron chi connectivity index (χ1n) is 5.60. The standard InChI is InChI=1S/C13H9ClFNO5/c1-19-12(17)9-10(13(18)20-2)21-11(16-9)7-4-3-6(14)5-8(7)15/h3-5H,1-2H3. The van der Waals surface area contributed by atoms with Crippen molar-refractivity contribution in [3.63, 3.8) is 0 Å². The molecule has 0 aliphatic rings. The van der Waals surface area contributed by atoms with Gasteiger partial charge in [-0.2, -0.15) is 0 Å². The molecule has 0 amide bonds. The summed E-state index contributed by atoms with van der Waals surface area (Å²) in [6.07, 6.45) is 0. The number of oxazole rings is 1. The van der Waals surface area contributed by atoms with E-state index in [-0.39, 0.29) is 16.5 Å². The van der Waals surface area contributed by atoms with Gasteiger partial charge in [0, 0.05) is 5.02 Å². The number of hydrogen-bond acceptors (Lipinski definition) is 6. The van der Waals surface area contributed by atoms with Gasteiger partial charge in [0.15, 0.2) is 0 Å². The second kappa shape index (κ2) is 5.92. The van der Waals surface area contributed by atoms with Crippen LogP contribution in [0.1, 0.15) is 21.0 Å². The molecule has 0 aliphatic carbocycles. The molecule has 2 rings (SSSR count). The van der Waals surface area contributed by atoms with Crippen LogP contribution in [0.2, 0.25) is 5.02 Å². The Kier molecular flexibility index (Phi) is 4.23. The number of rotatable bonds is 3. The fourth-order valence-corrected chi connectivity index (χ4v) is 1.72. The number of esters is 2. The summed E-state index contributed by atoms with van der Waals surface area (Å²) in [5, 5.41) is 0.184. The van der Waals surface area contributed by atoms with Gasteiger partial charge in [0.05, 0.1) is 19.8 Å². The Hall–Kier alpha value is -2.41. The average molecular weight is 314 g/mol. The minimum atomic E-state index is -0.927. The molecule has 0 bridgehead atoms. The third-order valence-electron chi connectivity index (χ3n) is 2.54. The summed E-state index contributed by atoms with van der Waals surface area (Å²) in [6, 6.07) is 3.78. The molecule has 0 radical (unpaired) electrons. The Morgan fingerprint density at radius 2 is 1.90 bits per heavy atom. The van der Waals surface area contributed by atoms with Crippen LogP contribution in [0.25, 0.3) is 11.5 Å². The predicted molar refractivity (Wildman–Crippen MR) is 69.6 cm³/mol. The molecule has 0 spiro atoms. The van der Waals surface area contributed by atoms with Crippen molar-refractivity contribution in [2.24, 2.45) is 0 Å². The molecule has 1 aromatic heterocycles. The highest BCUT2D eigenvalue weighted by Gasteiger charge is 2.28. The molecule has 0 saturated heterocycles. The SMILES string of the molecule is COC(=O)c1nc(-c2ccc(Cl)cc2F)oc1C(=O)OC. The van der Waals surface area contributed by atoms with Gasteiger partial charge in [-0.25, -0.2) is 19.0 Å². The van der Waals surface area contributed by atoms with Gasteiger partial charge in [-0.05, 0) is 18.2 Å². The lowest BCUT2D eigenvalue weighted by atomic mass is 10.2. The lowest BCUT2D eigenvalue weighted by molar-refractivity contribution is 0.0527. The third kappa shape index (κ3) is 2.87. The Morgan fingerprint density at radius 1 is 1.24 bits per heavy atom. The summed E-state index contributed by atoms with van der Waals surface area (Å²) >= 11 is 5.65.